The molecule has 2 aromatic rings. The second-order valence-electron chi connectivity index (χ2n) is 4.06. The molecular weight excluding hydrogens is 248 g/mol. The Morgan fingerprint density at radius 3 is 2.72 bits per heavy atom. The summed E-state index contributed by atoms with van der Waals surface area (Å²) in [4.78, 5) is 3.94. The fourth-order valence-corrected chi connectivity index (χ4v) is 1.83. The second kappa shape index (κ2) is 6.38. The van der Waals surface area contributed by atoms with Crippen molar-refractivity contribution in [1.82, 2.24) is 4.98 Å². The number of para-hydroxylation sites is 1. The average Bonchev–Trinajstić information content (AvgIpc) is 2.40. The molecule has 0 fully saturated rings. The molecule has 2 rings (SSSR count). The Kier molecular flexibility index (Phi) is 4.56. The third-order valence-corrected chi connectivity index (χ3v) is 2.89. The highest BCUT2D eigenvalue weighted by molar-refractivity contribution is 6.31. The Morgan fingerprint density at radius 2 is 2.00 bits per heavy atom. The van der Waals surface area contributed by atoms with Gasteiger partial charge in [-0.3, -0.25) is 4.98 Å². The molecule has 1 heterocycles. The number of nitrogens with two attached hydrogens (primary N) is 1. The zero-order chi connectivity index (χ0) is 12.8. The molecule has 4 heteroatoms. The zero-order valence-corrected chi connectivity index (χ0v) is 10.7. The lowest BCUT2D eigenvalue weighted by molar-refractivity contribution is 0.287. The van der Waals surface area contributed by atoms with Gasteiger partial charge in [-0.15, -0.1) is 0 Å². The second-order valence-corrected chi connectivity index (χ2v) is 4.46. The summed E-state index contributed by atoms with van der Waals surface area (Å²) in [7, 11) is 0. The minimum atomic E-state index is -0.0925. The number of halogens is 1. The molecule has 0 saturated carbocycles. The van der Waals surface area contributed by atoms with Crippen LogP contribution in [0.4, 0.5) is 0 Å². The first-order chi connectivity index (χ1) is 8.75. The van der Waals surface area contributed by atoms with Crippen molar-refractivity contribution in [1.29, 1.82) is 0 Å². The van der Waals surface area contributed by atoms with Crippen LogP contribution in [0.3, 0.4) is 0 Å². The van der Waals surface area contributed by atoms with Gasteiger partial charge < -0.3 is 10.5 Å². The summed E-state index contributed by atoms with van der Waals surface area (Å²) < 4.78 is 5.60. The lowest BCUT2D eigenvalue weighted by atomic mass is 10.1. The van der Waals surface area contributed by atoms with Crippen molar-refractivity contribution in [3.8, 4) is 5.75 Å². The molecule has 0 bridgehead atoms. The Balaban J connectivity index is 1.86. The fraction of sp³-hybridized carbons (Fsp3) is 0.214. The van der Waals surface area contributed by atoms with Crippen molar-refractivity contribution in [2.45, 2.75) is 12.5 Å². The first kappa shape index (κ1) is 12.9. The predicted octanol–water partition coefficient (Wildman–Crippen LogP) is 2.68. The van der Waals surface area contributed by atoms with Gasteiger partial charge in [0.15, 0.2) is 0 Å². The normalized spacial score (nSPS) is 12.1. The molecule has 2 N–H and O–H groups in total. The van der Waals surface area contributed by atoms with E-state index in [1.807, 2.05) is 36.4 Å². The number of ether oxygens (including phenoxy) is 1. The summed E-state index contributed by atoms with van der Waals surface area (Å²) in [5.41, 5.74) is 7.01. The Bertz CT molecular complexity index is 490. The summed E-state index contributed by atoms with van der Waals surface area (Å²) in [6.45, 7) is 0.461. The molecular formula is C14H15ClN2O. The third-order valence-electron chi connectivity index (χ3n) is 2.55. The van der Waals surface area contributed by atoms with Crippen LogP contribution in [0.5, 0.6) is 5.75 Å². The summed E-state index contributed by atoms with van der Waals surface area (Å²) >= 11 is 6.03. The van der Waals surface area contributed by atoms with Crippen molar-refractivity contribution in [3.63, 3.8) is 0 Å². The van der Waals surface area contributed by atoms with Crippen LogP contribution in [0.15, 0.2) is 48.8 Å². The average molecular weight is 263 g/mol. The maximum atomic E-state index is 6.03. The number of hydrogen-bond donors (Lipinski definition) is 1. The smallest absolute Gasteiger partial charge is 0.119 e. The molecule has 0 saturated heterocycles. The monoisotopic (exact) mass is 262 g/mol. The van der Waals surface area contributed by atoms with E-state index in [4.69, 9.17) is 22.1 Å². The highest BCUT2D eigenvalue weighted by atomic mass is 35.5. The van der Waals surface area contributed by atoms with Crippen LogP contribution in [0.1, 0.15) is 5.56 Å². The van der Waals surface area contributed by atoms with Crippen molar-refractivity contribution in [3.05, 3.63) is 59.4 Å². The maximum absolute atomic E-state index is 6.03. The van der Waals surface area contributed by atoms with Gasteiger partial charge in [0.2, 0.25) is 0 Å². The molecule has 1 aromatic carbocycles. The van der Waals surface area contributed by atoms with Gasteiger partial charge in [0, 0.05) is 18.4 Å². The van der Waals surface area contributed by atoms with E-state index in [-0.39, 0.29) is 6.04 Å². The number of hydrogen-bond acceptors (Lipinski definition) is 3. The molecule has 1 aromatic heterocycles. The van der Waals surface area contributed by atoms with Crippen molar-refractivity contribution >= 4 is 11.6 Å². The topological polar surface area (TPSA) is 48.1 Å². The Morgan fingerprint density at radius 1 is 1.22 bits per heavy atom. The maximum Gasteiger partial charge on any atom is 0.119 e. The molecule has 0 amide bonds. The quantitative estimate of drug-likeness (QED) is 0.901. The number of nitrogens with zero attached hydrogens (tertiary/aromatic N) is 1. The van der Waals surface area contributed by atoms with E-state index < -0.39 is 0 Å². The van der Waals surface area contributed by atoms with E-state index in [1.54, 1.807) is 12.4 Å². The van der Waals surface area contributed by atoms with Gasteiger partial charge in [-0.1, -0.05) is 29.8 Å². The van der Waals surface area contributed by atoms with Crippen LogP contribution < -0.4 is 10.5 Å². The Labute approximate surface area is 112 Å². The molecule has 1 unspecified atom stereocenters. The highest BCUT2D eigenvalue weighted by Crippen LogP contribution is 2.15. The van der Waals surface area contributed by atoms with Crippen molar-refractivity contribution < 1.29 is 4.74 Å². The molecule has 0 aliphatic carbocycles. The van der Waals surface area contributed by atoms with Gasteiger partial charge >= 0.3 is 0 Å². The molecule has 94 valence electrons. The van der Waals surface area contributed by atoms with Gasteiger partial charge in [-0.25, -0.2) is 0 Å². The summed E-state index contributed by atoms with van der Waals surface area (Å²) in [5.74, 6) is 0.828. The van der Waals surface area contributed by atoms with Crippen LogP contribution in [0, 0.1) is 0 Å². The number of pyridine rings is 1. The number of benzene rings is 1. The van der Waals surface area contributed by atoms with Gasteiger partial charge in [0.05, 0.1) is 5.02 Å². The molecule has 0 radical (unpaired) electrons. The fourth-order valence-electron chi connectivity index (χ4n) is 1.63. The van der Waals surface area contributed by atoms with E-state index >= 15 is 0 Å². The predicted molar refractivity (Wildman–Crippen MR) is 72.9 cm³/mol. The van der Waals surface area contributed by atoms with E-state index in [2.05, 4.69) is 4.98 Å². The van der Waals surface area contributed by atoms with Gasteiger partial charge in [-0.2, -0.15) is 0 Å². The van der Waals surface area contributed by atoms with Crippen LogP contribution in [0.2, 0.25) is 5.02 Å². The molecule has 0 spiro atoms. The highest BCUT2D eigenvalue weighted by Gasteiger charge is 2.08. The molecule has 3 nitrogen and oxygen atoms in total. The minimum absolute atomic E-state index is 0.0925. The van der Waals surface area contributed by atoms with Gasteiger partial charge in [-0.05, 0) is 30.2 Å². The molecule has 0 aliphatic heterocycles. The summed E-state index contributed by atoms with van der Waals surface area (Å²) in [6.07, 6.45) is 4.02. The Hall–Kier alpha value is -1.58. The summed E-state index contributed by atoms with van der Waals surface area (Å²) in [5, 5.41) is 0.646. The van der Waals surface area contributed by atoms with Crippen LogP contribution in [-0.4, -0.2) is 17.6 Å². The standard InChI is InChI=1S/C14H15ClN2O/c15-14-9-17-7-6-11(14)8-12(16)10-18-13-4-2-1-3-5-13/h1-7,9,12H,8,10,16H2. The first-order valence-corrected chi connectivity index (χ1v) is 6.15. The summed E-state index contributed by atoms with van der Waals surface area (Å²) in [6, 6.07) is 11.4. The van der Waals surface area contributed by atoms with Crippen LogP contribution in [0.25, 0.3) is 0 Å². The van der Waals surface area contributed by atoms with E-state index in [0.29, 0.717) is 18.1 Å². The van der Waals surface area contributed by atoms with Gasteiger partial charge in [0.25, 0.3) is 0 Å². The van der Waals surface area contributed by atoms with Crippen molar-refractivity contribution in [2.24, 2.45) is 5.73 Å². The molecule has 1 atom stereocenters. The van der Waals surface area contributed by atoms with E-state index in [9.17, 15) is 0 Å². The number of rotatable bonds is 5. The van der Waals surface area contributed by atoms with E-state index in [0.717, 1.165) is 11.3 Å². The SMILES string of the molecule is NC(COc1ccccc1)Cc1ccncc1Cl. The van der Waals surface area contributed by atoms with Gasteiger partial charge in [0.1, 0.15) is 12.4 Å². The largest absolute Gasteiger partial charge is 0.492 e. The lowest BCUT2D eigenvalue weighted by Crippen LogP contribution is -2.30. The van der Waals surface area contributed by atoms with E-state index in [1.165, 1.54) is 0 Å². The molecule has 0 aliphatic rings. The van der Waals surface area contributed by atoms with Crippen molar-refractivity contribution in [2.75, 3.05) is 6.61 Å². The third kappa shape index (κ3) is 3.72. The van der Waals surface area contributed by atoms with Crippen LogP contribution >= 0.6 is 11.6 Å². The zero-order valence-electron chi connectivity index (χ0n) is 9.92. The lowest BCUT2D eigenvalue weighted by Gasteiger charge is -2.13. The van der Waals surface area contributed by atoms with Crippen LogP contribution in [-0.2, 0) is 6.42 Å². The minimum Gasteiger partial charge on any atom is -0.492 e. The number of aromatic nitrogens is 1. The first-order valence-electron chi connectivity index (χ1n) is 5.77. The molecule has 18 heavy (non-hydrogen) atoms.